The molecule has 1 aromatic carbocycles. The molecule has 6 nitrogen and oxygen atoms in total. The number of aromatic nitrogens is 3. The van der Waals surface area contributed by atoms with Gasteiger partial charge in [-0.05, 0) is 43.9 Å². The molecule has 0 spiro atoms. The molecule has 0 bridgehead atoms. The summed E-state index contributed by atoms with van der Waals surface area (Å²) in [5, 5.41) is 31.6. The smallest absolute Gasteiger partial charge is 0.185 e. The number of phenols is 1. The minimum Gasteiger partial charge on any atom is -0.507 e. The first-order valence-electron chi connectivity index (χ1n) is 7.99. The Morgan fingerprint density at radius 3 is 2.57 bits per heavy atom. The highest BCUT2D eigenvalue weighted by atomic mass is 16.3. The van der Waals surface area contributed by atoms with Crippen LogP contribution in [-0.4, -0.2) is 37.5 Å². The van der Waals surface area contributed by atoms with Crippen LogP contribution in [0.15, 0.2) is 18.3 Å². The minimum absolute atomic E-state index is 0.000198. The number of aromatic hydroxyl groups is 1. The second kappa shape index (κ2) is 6.50. The van der Waals surface area contributed by atoms with E-state index < -0.39 is 0 Å². The number of nitrogens with one attached hydrogen (secondary N) is 1. The number of benzene rings is 1. The standard InChI is InChI=1S/C17H22N4O2/c1-10-7-11(2)16(14(23)8-10)17-18-9-15(20-21-17)19-12-5-3-4-6-13(12)22/h7-9,12-13,22-23H,3-6H2,1-2H3,(H,19,20). The fourth-order valence-electron chi connectivity index (χ4n) is 3.16. The van der Waals surface area contributed by atoms with Crippen LogP contribution in [0.4, 0.5) is 5.82 Å². The normalized spacial score (nSPS) is 21.2. The van der Waals surface area contributed by atoms with Crippen LogP contribution < -0.4 is 5.32 Å². The van der Waals surface area contributed by atoms with Gasteiger partial charge in [0.25, 0.3) is 0 Å². The van der Waals surface area contributed by atoms with Crippen molar-refractivity contribution in [2.75, 3.05) is 5.32 Å². The van der Waals surface area contributed by atoms with Crippen molar-refractivity contribution in [1.29, 1.82) is 0 Å². The summed E-state index contributed by atoms with van der Waals surface area (Å²) in [7, 11) is 0. The molecule has 0 radical (unpaired) electrons. The molecule has 1 aromatic heterocycles. The number of aliphatic hydroxyl groups excluding tert-OH is 1. The highest BCUT2D eigenvalue weighted by Gasteiger charge is 2.23. The van der Waals surface area contributed by atoms with Crippen molar-refractivity contribution in [2.24, 2.45) is 0 Å². The van der Waals surface area contributed by atoms with Gasteiger partial charge >= 0.3 is 0 Å². The van der Waals surface area contributed by atoms with Crippen LogP contribution in [-0.2, 0) is 0 Å². The fraction of sp³-hybridized carbons (Fsp3) is 0.471. The zero-order valence-corrected chi connectivity index (χ0v) is 13.5. The van der Waals surface area contributed by atoms with Gasteiger partial charge in [-0.2, -0.15) is 0 Å². The van der Waals surface area contributed by atoms with Crippen LogP contribution in [0.25, 0.3) is 11.4 Å². The zero-order chi connectivity index (χ0) is 16.4. The molecule has 0 amide bonds. The Kier molecular flexibility index (Phi) is 4.43. The Morgan fingerprint density at radius 1 is 1.13 bits per heavy atom. The number of aliphatic hydroxyl groups is 1. The van der Waals surface area contributed by atoms with Gasteiger partial charge in [0, 0.05) is 0 Å². The molecule has 1 fully saturated rings. The van der Waals surface area contributed by atoms with Crippen LogP contribution in [0.2, 0.25) is 0 Å². The summed E-state index contributed by atoms with van der Waals surface area (Å²) in [4.78, 5) is 4.31. The molecule has 0 saturated heterocycles. The van der Waals surface area contributed by atoms with Gasteiger partial charge < -0.3 is 15.5 Å². The minimum atomic E-state index is -0.353. The molecule has 0 aliphatic heterocycles. The first kappa shape index (κ1) is 15.7. The van der Waals surface area contributed by atoms with E-state index >= 15 is 0 Å². The van der Waals surface area contributed by atoms with Gasteiger partial charge in [-0.25, -0.2) is 4.98 Å². The lowest BCUT2D eigenvalue weighted by Gasteiger charge is -2.28. The monoisotopic (exact) mass is 314 g/mol. The van der Waals surface area contributed by atoms with Crippen molar-refractivity contribution in [3.8, 4) is 17.1 Å². The third kappa shape index (κ3) is 3.42. The number of anilines is 1. The van der Waals surface area contributed by atoms with Crippen LogP contribution >= 0.6 is 0 Å². The maximum Gasteiger partial charge on any atom is 0.185 e. The van der Waals surface area contributed by atoms with Gasteiger partial charge in [0.1, 0.15) is 5.75 Å². The maximum absolute atomic E-state index is 10.1. The molecule has 2 atom stereocenters. The second-order valence-corrected chi connectivity index (χ2v) is 6.25. The Hall–Kier alpha value is -2.21. The van der Waals surface area contributed by atoms with Crippen molar-refractivity contribution in [2.45, 2.75) is 51.7 Å². The first-order valence-corrected chi connectivity index (χ1v) is 7.99. The summed E-state index contributed by atoms with van der Waals surface area (Å²) >= 11 is 0. The lowest BCUT2D eigenvalue weighted by atomic mass is 9.93. The third-order valence-corrected chi connectivity index (χ3v) is 4.31. The average molecular weight is 314 g/mol. The molecule has 1 aliphatic rings. The van der Waals surface area contributed by atoms with Crippen LogP contribution in [0.5, 0.6) is 5.75 Å². The van der Waals surface area contributed by atoms with Gasteiger partial charge in [0.2, 0.25) is 0 Å². The molecule has 1 heterocycles. The summed E-state index contributed by atoms with van der Waals surface area (Å²) < 4.78 is 0. The highest BCUT2D eigenvalue weighted by Crippen LogP contribution is 2.31. The summed E-state index contributed by atoms with van der Waals surface area (Å²) in [6, 6.07) is 3.67. The molecule has 122 valence electrons. The molecular formula is C17H22N4O2. The number of hydrogen-bond donors (Lipinski definition) is 3. The summed E-state index contributed by atoms with van der Waals surface area (Å²) in [5.74, 6) is 1.10. The number of aryl methyl sites for hydroxylation is 2. The second-order valence-electron chi connectivity index (χ2n) is 6.25. The molecule has 6 heteroatoms. The molecule has 3 rings (SSSR count). The van der Waals surface area contributed by atoms with Gasteiger partial charge in [-0.1, -0.05) is 18.9 Å². The molecule has 2 unspecified atom stereocenters. The Labute approximate surface area is 135 Å². The molecule has 3 N–H and O–H groups in total. The van der Waals surface area contributed by atoms with Gasteiger partial charge in [-0.15, -0.1) is 10.2 Å². The summed E-state index contributed by atoms with van der Waals surface area (Å²) in [5.41, 5.74) is 2.50. The molecule has 1 saturated carbocycles. The van der Waals surface area contributed by atoms with Crippen molar-refractivity contribution >= 4 is 5.82 Å². The van der Waals surface area contributed by atoms with Crippen molar-refractivity contribution in [3.05, 3.63) is 29.5 Å². The fourth-order valence-corrected chi connectivity index (χ4v) is 3.16. The van der Waals surface area contributed by atoms with Gasteiger partial charge in [-0.3, -0.25) is 0 Å². The lowest BCUT2D eigenvalue weighted by Crippen LogP contribution is -2.36. The van der Waals surface area contributed by atoms with E-state index in [2.05, 4.69) is 20.5 Å². The third-order valence-electron chi connectivity index (χ3n) is 4.31. The average Bonchev–Trinajstić information content (AvgIpc) is 2.50. The number of rotatable bonds is 3. The number of hydrogen-bond acceptors (Lipinski definition) is 6. The number of nitrogens with zero attached hydrogens (tertiary/aromatic N) is 3. The highest BCUT2D eigenvalue weighted by molar-refractivity contribution is 5.68. The van der Waals surface area contributed by atoms with Crippen molar-refractivity contribution in [3.63, 3.8) is 0 Å². The van der Waals surface area contributed by atoms with E-state index in [-0.39, 0.29) is 17.9 Å². The van der Waals surface area contributed by atoms with Crippen LogP contribution in [0, 0.1) is 13.8 Å². The largest absolute Gasteiger partial charge is 0.507 e. The van der Waals surface area contributed by atoms with E-state index in [4.69, 9.17) is 0 Å². The first-order chi connectivity index (χ1) is 11.0. The van der Waals surface area contributed by atoms with Gasteiger partial charge in [0.05, 0.1) is 23.9 Å². The number of phenolic OH excluding ortho intramolecular Hbond substituents is 1. The molecule has 1 aliphatic carbocycles. The van der Waals surface area contributed by atoms with E-state index in [1.54, 1.807) is 12.3 Å². The maximum atomic E-state index is 10.1. The van der Waals surface area contributed by atoms with E-state index in [1.165, 1.54) is 0 Å². The van der Waals surface area contributed by atoms with E-state index in [9.17, 15) is 10.2 Å². The van der Waals surface area contributed by atoms with Crippen LogP contribution in [0.3, 0.4) is 0 Å². The zero-order valence-electron chi connectivity index (χ0n) is 13.5. The predicted molar refractivity (Wildman–Crippen MR) is 88.3 cm³/mol. The Balaban J connectivity index is 1.80. The SMILES string of the molecule is Cc1cc(C)c(-c2ncc(NC3CCCCC3O)nn2)c(O)c1. The van der Waals surface area contributed by atoms with Gasteiger partial charge in [0.15, 0.2) is 11.6 Å². The summed E-state index contributed by atoms with van der Waals surface area (Å²) in [6.07, 6.45) is 5.14. The van der Waals surface area contributed by atoms with Crippen LogP contribution in [0.1, 0.15) is 36.8 Å². The van der Waals surface area contributed by atoms with E-state index in [0.29, 0.717) is 17.2 Å². The lowest BCUT2D eigenvalue weighted by molar-refractivity contribution is 0.116. The van der Waals surface area contributed by atoms with Crippen molar-refractivity contribution in [1.82, 2.24) is 15.2 Å². The molecule has 2 aromatic rings. The predicted octanol–water partition coefficient (Wildman–Crippen LogP) is 2.58. The Morgan fingerprint density at radius 2 is 1.91 bits per heavy atom. The molecular weight excluding hydrogens is 292 g/mol. The molecule has 23 heavy (non-hydrogen) atoms. The topological polar surface area (TPSA) is 91.2 Å². The van der Waals surface area contributed by atoms with Crippen molar-refractivity contribution < 1.29 is 10.2 Å². The van der Waals surface area contributed by atoms with E-state index in [0.717, 1.165) is 36.8 Å². The Bertz CT molecular complexity index is 664. The van der Waals surface area contributed by atoms with E-state index in [1.807, 2.05) is 19.9 Å². The summed E-state index contributed by atoms with van der Waals surface area (Å²) in [6.45, 7) is 3.84. The quantitative estimate of drug-likeness (QED) is 0.806.